The Balaban J connectivity index is 1.35. The second-order valence-corrected chi connectivity index (χ2v) is 8.45. The van der Waals surface area contributed by atoms with Crippen molar-refractivity contribution >= 4 is 5.96 Å². The zero-order valence-corrected chi connectivity index (χ0v) is 17.9. The average molecular weight is 390 g/mol. The number of hydrogen-bond acceptors (Lipinski definition) is 3. The molecule has 0 amide bonds. The SMILES string of the molecule is CN=C(NCCCCOC1CCCCCC1)N1CCC(C)C(n2ccnc2)C1. The molecule has 1 saturated carbocycles. The summed E-state index contributed by atoms with van der Waals surface area (Å²) in [7, 11) is 1.89. The fourth-order valence-electron chi connectivity index (χ4n) is 4.51. The molecular weight excluding hydrogens is 350 g/mol. The zero-order valence-electron chi connectivity index (χ0n) is 17.9. The number of imidazole rings is 1. The Morgan fingerprint density at radius 2 is 2.00 bits per heavy atom. The summed E-state index contributed by atoms with van der Waals surface area (Å²) in [6, 6.07) is 0.461. The number of unbranched alkanes of at least 4 members (excludes halogenated alkanes) is 1. The van der Waals surface area contributed by atoms with Crippen LogP contribution in [0.5, 0.6) is 0 Å². The number of rotatable bonds is 7. The van der Waals surface area contributed by atoms with E-state index in [4.69, 9.17) is 4.74 Å². The number of guanidine groups is 1. The lowest BCUT2D eigenvalue weighted by Crippen LogP contribution is -2.49. The third-order valence-corrected chi connectivity index (χ3v) is 6.35. The van der Waals surface area contributed by atoms with Gasteiger partial charge in [0.05, 0.1) is 18.5 Å². The minimum atomic E-state index is 0.461. The molecule has 6 heteroatoms. The van der Waals surface area contributed by atoms with Crippen LogP contribution < -0.4 is 5.32 Å². The molecule has 1 aliphatic carbocycles. The fourth-order valence-corrected chi connectivity index (χ4v) is 4.51. The van der Waals surface area contributed by atoms with Crippen molar-refractivity contribution in [3.63, 3.8) is 0 Å². The van der Waals surface area contributed by atoms with Gasteiger partial charge in [0, 0.05) is 45.7 Å². The van der Waals surface area contributed by atoms with E-state index in [-0.39, 0.29) is 0 Å². The molecule has 28 heavy (non-hydrogen) atoms. The Morgan fingerprint density at radius 3 is 2.71 bits per heavy atom. The summed E-state index contributed by atoms with van der Waals surface area (Å²) in [5, 5.41) is 3.56. The van der Waals surface area contributed by atoms with Gasteiger partial charge in [-0.15, -0.1) is 0 Å². The van der Waals surface area contributed by atoms with Gasteiger partial charge in [0.2, 0.25) is 0 Å². The summed E-state index contributed by atoms with van der Waals surface area (Å²) in [5.41, 5.74) is 0. The van der Waals surface area contributed by atoms with Gasteiger partial charge >= 0.3 is 0 Å². The summed E-state index contributed by atoms with van der Waals surface area (Å²) < 4.78 is 8.35. The van der Waals surface area contributed by atoms with Gasteiger partial charge in [-0.1, -0.05) is 32.6 Å². The third kappa shape index (κ3) is 6.23. The largest absolute Gasteiger partial charge is 0.378 e. The molecule has 0 spiro atoms. The summed E-state index contributed by atoms with van der Waals surface area (Å²) in [4.78, 5) is 11.2. The lowest BCUT2D eigenvalue weighted by molar-refractivity contribution is 0.0411. The van der Waals surface area contributed by atoms with Crippen molar-refractivity contribution in [2.75, 3.05) is 33.3 Å². The zero-order chi connectivity index (χ0) is 19.6. The molecular formula is C22H39N5O. The molecule has 0 bridgehead atoms. The lowest BCUT2D eigenvalue weighted by Gasteiger charge is -2.39. The number of aromatic nitrogens is 2. The molecule has 2 aliphatic rings. The number of piperidine rings is 1. The average Bonchev–Trinajstić information content (AvgIpc) is 3.12. The molecule has 1 aromatic rings. The molecule has 0 aromatic carbocycles. The Morgan fingerprint density at radius 1 is 1.18 bits per heavy atom. The topological polar surface area (TPSA) is 54.7 Å². The van der Waals surface area contributed by atoms with Crippen LogP contribution in [-0.4, -0.2) is 59.8 Å². The second kappa shape index (κ2) is 11.4. The molecule has 6 nitrogen and oxygen atoms in total. The highest BCUT2D eigenvalue weighted by molar-refractivity contribution is 5.80. The minimum Gasteiger partial charge on any atom is -0.378 e. The normalized spacial score (nSPS) is 24.9. The van der Waals surface area contributed by atoms with Crippen molar-refractivity contribution in [1.29, 1.82) is 0 Å². The van der Waals surface area contributed by atoms with Crippen LogP contribution in [0.3, 0.4) is 0 Å². The van der Waals surface area contributed by atoms with Gasteiger partial charge in [-0.3, -0.25) is 4.99 Å². The Labute approximate surface area is 170 Å². The van der Waals surface area contributed by atoms with Crippen LogP contribution >= 0.6 is 0 Å². The van der Waals surface area contributed by atoms with E-state index in [0.29, 0.717) is 18.1 Å². The highest BCUT2D eigenvalue weighted by Gasteiger charge is 2.28. The van der Waals surface area contributed by atoms with Crippen molar-refractivity contribution in [1.82, 2.24) is 19.8 Å². The number of ether oxygens (including phenoxy) is 1. The Bertz CT molecular complexity index is 565. The van der Waals surface area contributed by atoms with E-state index >= 15 is 0 Å². The van der Waals surface area contributed by atoms with Crippen molar-refractivity contribution in [2.24, 2.45) is 10.9 Å². The molecule has 158 valence electrons. The molecule has 0 radical (unpaired) electrons. The van der Waals surface area contributed by atoms with Crippen LogP contribution in [0.4, 0.5) is 0 Å². The first-order valence-electron chi connectivity index (χ1n) is 11.3. The van der Waals surface area contributed by atoms with Gasteiger partial charge in [0.25, 0.3) is 0 Å². The maximum absolute atomic E-state index is 6.10. The van der Waals surface area contributed by atoms with E-state index in [1.54, 1.807) is 0 Å². The highest BCUT2D eigenvalue weighted by Crippen LogP contribution is 2.27. The maximum atomic E-state index is 6.10. The molecule has 1 aromatic heterocycles. The van der Waals surface area contributed by atoms with Gasteiger partial charge in [0.1, 0.15) is 0 Å². The van der Waals surface area contributed by atoms with Crippen LogP contribution in [0.25, 0.3) is 0 Å². The molecule has 2 heterocycles. The van der Waals surface area contributed by atoms with Gasteiger partial charge in [-0.25, -0.2) is 4.98 Å². The number of likely N-dealkylation sites (tertiary alicyclic amines) is 1. The van der Waals surface area contributed by atoms with Gasteiger partial charge in [-0.2, -0.15) is 0 Å². The van der Waals surface area contributed by atoms with Gasteiger partial charge in [0.15, 0.2) is 5.96 Å². The standard InChI is InChI=1S/C22H39N5O/c1-19-11-14-26(17-21(19)27-15-13-24-18-27)22(23-2)25-12-7-8-16-28-20-9-5-3-4-6-10-20/h13,15,18-21H,3-12,14,16-17H2,1-2H3,(H,23,25). The van der Waals surface area contributed by atoms with E-state index in [0.717, 1.165) is 45.0 Å². The molecule has 2 unspecified atom stereocenters. The number of aliphatic imine (C=N–C) groups is 1. The first kappa shape index (κ1) is 21.2. The molecule has 2 atom stereocenters. The number of nitrogens with one attached hydrogen (secondary N) is 1. The number of hydrogen-bond donors (Lipinski definition) is 1. The smallest absolute Gasteiger partial charge is 0.193 e. The number of nitrogens with zero attached hydrogens (tertiary/aromatic N) is 4. The van der Waals surface area contributed by atoms with Crippen LogP contribution in [0.2, 0.25) is 0 Å². The van der Waals surface area contributed by atoms with E-state index in [1.807, 2.05) is 19.6 Å². The van der Waals surface area contributed by atoms with E-state index in [2.05, 4.69) is 37.9 Å². The maximum Gasteiger partial charge on any atom is 0.193 e. The first-order valence-corrected chi connectivity index (χ1v) is 11.3. The van der Waals surface area contributed by atoms with Crippen LogP contribution in [-0.2, 0) is 4.74 Å². The van der Waals surface area contributed by atoms with Crippen molar-refractivity contribution in [3.05, 3.63) is 18.7 Å². The molecule has 1 N–H and O–H groups in total. The third-order valence-electron chi connectivity index (χ3n) is 6.35. The highest BCUT2D eigenvalue weighted by atomic mass is 16.5. The van der Waals surface area contributed by atoms with Crippen LogP contribution in [0, 0.1) is 5.92 Å². The predicted octanol–water partition coefficient (Wildman–Crippen LogP) is 3.86. The Hall–Kier alpha value is -1.56. The summed E-state index contributed by atoms with van der Waals surface area (Å²) in [6.07, 6.45) is 17.8. The summed E-state index contributed by atoms with van der Waals surface area (Å²) in [5.74, 6) is 1.69. The molecule has 1 saturated heterocycles. The fraction of sp³-hybridized carbons (Fsp3) is 0.818. The first-order chi connectivity index (χ1) is 13.8. The minimum absolute atomic E-state index is 0.461. The second-order valence-electron chi connectivity index (χ2n) is 8.45. The van der Waals surface area contributed by atoms with Crippen molar-refractivity contribution in [3.8, 4) is 0 Å². The lowest BCUT2D eigenvalue weighted by atomic mass is 9.93. The van der Waals surface area contributed by atoms with Crippen LogP contribution in [0.15, 0.2) is 23.7 Å². The van der Waals surface area contributed by atoms with Gasteiger partial charge < -0.3 is 19.5 Å². The Kier molecular flexibility index (Phi) is 8.65. The monoisotopic (exact) mass is 389 g/mol. The summed E-state index contributed by atoms with van der Waals surface area (Å²) >= 11 is 0. The van der Waals surface area contributed by atoms with Gasteiger partial charge in [-0.05, 0) is 38.0 Å². The van der Waals surface area contributed by atoms with Crippen LogP contribution in [0.1, 0.15) is 70.8 Å². The van der Waals surface area contributed by atoms with E-state index in [9.17, 15) is 0 Å². The summed E-state index contributed by atoms with van der Waals surface area (Å²) in [6.45, 7) is 6.25. The molecule has 3 rings (SSSR count). The van der Waals surface area contributed by atoms with E-state index in [1.165, 1.54) is 44.9 Å². The van der Waals surface area contributed by atoms with Crippen molar-refractivity contribution < 1.29 is 4.74 Å². The quantitative estimate of drug-likeness (QED) is 0.333. The molecule has 1 aliphatic heterocycles. The predicted molar refractivity (Wildman–Crippen MR) is 115 cm³/mol. The van der Waals surface area contributed by atoms with Crippen molar-refractivity contribution in [2.45, 2.75) is 76.9 Å². The van der Waals surface area contributed by atoms with E-state index < -0.39 is 0 Å². The molecule has 2 fully saturated rings.